The monoisotopic (exact) mass is 646 g/mol. The fourth-order valence-electron chi connectivity index (χ4n) is 5.51. The third-order valence-electron chi connectivity index (χ3n) is 7.84. The van der Waals surface area contributed by atoms with Crippen LogP contribution >= 0.6 is 0 Å². The summed E-state index contributed by atoms with van der Waals surface area (Å²) < 4.78 is 23.6. The van der Waals surface area contributed by atoms with Gasteiger partial charge in [0.15, 0.2) is 5.78 Å². The van der Waals surface area contributed by atoms with Gasteiger partial charge in [0.05, 0.1) is 0 Å². The minimum atomic E-state index is -0.477. The van der Waals surface area contributed by atoms with Crippen molar-refractivity contribution < 1.29 is 33.3 Å². The van der Waals surface area contributed by atoms with Crippen molar-refractivity contribution in [1.82, 2.24) is 0 Å². The topological polar surface area (TPSA) is 88.1 Å². The molecule has 0 heterocycles. The Balaban J connectivity index is 1.56. The molecule has 7 heteroatoms. The molecule has 0 saturated carbocycles. The summed E-state index contributed by atoms with van der Waals surface area (Å²) >= 11 is 0. The van der Waals surface area contributed by atoms with Gasteiger partial charge in [0.1, 0.15) is 34.5 Å². The zero-order chi connectivity index (χ0) is 35.6. The maximum atomic E-state index is 13.7. The number of hydrogen-bond acceptors (Lipinski definition) is 7. The fourth-order valence-corrected chi connectivity index (χ4v) is 5.51. The molecule has 0 bridgehead atoms. The molecule has 0 aliphatic heterocycles. The summed E-state index contributed by atoms with van der Waals surface area (Å²) in [6.07, 6.45) is 0. The van der Waals surface area contributed by atoms with Crippen molar-refractivity contribution in [2.45, 2.75) is 69.2 Å². The van der Waals surface area contributed by atoms with Crippen LogP contribution in [0.4, 0.5) is 0 Å². The number of rotatable bonds is 10. The van der Waals surface area contributed by atoms with Crippen LogP contribution in [0.1, 0.15) is 74.3 Å². The molecule has 7 nitrogen and oxygen atoms in total. The molecule has 0 radical (unpaired) electrons. The van der Waals surface area contributed by atoms with Gasteiger partial charge in [0, 0.05) is 22.3 Å². The van der Waals surface area contributed by atoms with Crippen LogP contribution in [0.5, 0.6) is 34.5 Å². The average molecular weight is 647 g/mol. The molecule has 0 saturated heterocycles. The summed E-state index contributed by atoms with van der Waals surface area (Å²) in [6.45, 7) is 25.5. The number of carbonyl (C=O) groups excluding carboxylic acids is 3. The first-order valence-electron chi connectivity index (χ1n) is 15.6. The summed E-state index contributed by atoms with van der Waals surface area (Å²) in [5.41, 5.74) is 7.99. The number of esters is 2. The van der Waals surface area contributed by atoms with E-state index in [1.807, 2.05) is 104 Å². The minimum absolute atomic E-state index is 0.115. The number of benzene rings is 4. The number of carbonyl (C=O) groups is 3. The van der Waals surface area contributed by atoms with E-state index in [4.69, 9.17) is 18.9 Å². The van der Waals surface area contributed by atoms with E-state index >= 15 is 0 Å². The highest BCUT2D eigenvalue weighted by molar-refractivity contribution is 6.09. The van der Waals surface area contributed by atoms with Crippen molar-refractivity contribution in [3.05, 3.63) is 128 Å². The van der Waals surface area contributed by atoms with Crippen LogP contribution in [-0.4, -0.2) is 17.7 Å². The van der Waals surface area contributed by atoms with Gasteiger partial charge >= 0.3 is 11.9 Å². The molecule has 0 aliphatic rings. The molecule has 0 aliphatic carbocycles. The first kappa shape index (κ1) is 35.4. The molecule has 0 aromatic heterocycles. The van der Waals surface area contributed by atoms with Crippen LogP contribution in [0.15, 0.2) is 72.8 Å². The predicted octanol–water partition coefficient (Wildman–Crippen LogP) is 9.93. The molecular weight excluding hydrogens is 604 g/mol. The van der Waals surface area contributed by atoms with E-state index in [0.717, 1.165) is 44.5 Å². The Labute approximate surface area is 282 Å². The SMILES string of the molecule is C=C(C)C(=O)Oc1c(C)cc(Oc2c(C)cc(C(=O)c3cc(C)c(Oc4cc(C)c(OC(=O)C(=C)C)c(C)c4)c(C)c3)cc2C)cc1C. The van der Waals surface area contributed by atoms with Crippen LogP contribution in [0.25, 0.3) is 0 Å². The maximum absolute atomic E-state index is 13.7. The molecule has 4 aromatic carbocycles. The van der Waals surface area contributed by atoms with Gasteiger partial charge in [0.25, 0.3) is 0 Å². The van der Waals surface area contributed by atoms with E-state index in [-0.39, 0.29) is 5.78 Å². The van der Waals surface area contributed by atoms with Gasteiger partial charge in [-0.3, -0.25) is 4.79 Å². The summed E-state index contributed by atoms with van der Waals surface area (Å²) in [5, 5.41) is 0. The lowest BCUT2D eigenvalue weighted by Crippen LogP contribution is -2.10. The first-order chi connectivity index (χ1) is 22.5. The van der Waals surface area contributed by atoms with Gasteiger partial charge in [-0.25, -0.2) is 9.59 Å². The van der Waals surface area contributed by atoms with E-state index < -0.39 is 11.9 Å². The smallest absolute Gasteiger partial charge is 0.338 e. The fraction of sp³-hybridized carbons (Fsp3) is 0.244. The molecular formula is C41H42O7. The highest BCUT2D eigenvalue weighted by atomic mass is 16.5. The molecule has 0 fully saturated rings. The normalized spacial score (nSPS) is 10.7. The van der Waals surface area contributed by atoms with E-state index in [2.05, 4.69) is 13.2 Å². The number of hydrogen-bond donors (Lipinski definition) is 0. The number of ether oxygens (including phenoxy) is 4. The van der Waals surface area contributed by atoms with Gasteiger partial charge in [-0.15, -0.1) is 0 Å². The molecule has 0 amide bonds. The van der Waals surface area contributed by atoms with E-state index in [0.29, 0.717) is 56.8 Å². The molecule has 248 valence electrons. The van der Waals surface area contributed by atoms with Crippen molar-refractivity contribution in [3.8, 4) is 34.5 Å². The van der Waals surface area contributed by atoms with E-state index in [9.17, 15) is 14.4 Å². The second-order valence-corrected chi connectivity index (χ2v) is 12.5. The zero-order valence-corrected chi connectivity index (χ0v) is 29.4. The van der Waals surface area contributed by atoms with Crippen LogP contribution in [0.2, 0.25) is 0 Å². The second-order valence-electron chi connectivity index (χ2n) is 12.5. The van der Waals surface area contributed by atoms with Crippen LogP contribution in [-0.2, 0) is 9.59 Å². The summed E-state index contributed by atoms with van der Waals surface area (Å²) in [6, 6.07) is 14.6. The maximum Gasteiger partial charge on any atom is 0.338 e. The number of ketones is 1. The Kier molecular flexibility index (Phi) is 10.4. The Hall–Kier alpha value is -5.43. The largest absolute Gasteiger partial charge is 0.457 e. The van der Waals surface area contributed by atoms with Gasteiger partial charge in [-0.1, -0.05) is 13.2 Å². The van der Waals surface area contributed by atoms with Gasteiger partial charge < -0.3 is 18.9 Å². The molecule has 4 rings (SSSR count). The van der Waals surface area contributed by atoms with Gasteiger partial charge in [-0.2, -0.15) is 0 Å². The highest BCUT2D eigenvalue weighted by Crippen LogP contribution is 2.37. The molecule has 48 heavy (non-hydrogen) atoms. The summed E-state index contributed by atoms with van der Waals surface area (Å²) in [7, 11) is 0. The van der Waals surface area contributed by atoms with E-state index in [1.54, 1.807) is 13.8 Å². The summed E-state index contributed by atoms with van der Waals surface area (Å²) in [5.74, 6) is 2.40. The molecule has 0 atom stereocenters. The quantitative estimate of drug-likeness (QED) is 0.0733. The van der Waals surface area contributed by atoms with Crippen LogP contribution < -0.4 is 18.9 Å². The lowest BCUT2D eigenvalue weighted by Gasteiger charge is -2.17. The van der Waals surface area contributed by atoms with Crippen molar-refractivity contribution in [2.75, 3.05) is 0 Å². The van der Waals surface area contributed by atoms with Crippen molar-refractivity contribution in [1.29, 1.82) is 0 Å². The summed E-state index contributed by atoms with van der Waals surface area (Å²) in [4.78, 5) is 37.9. The third-order valence-corrected chi connectivity index (χ3v) is 7.84. The Morgan fingerprint density at radius 2 is 0.688 bits per heavy atom. The molecule has 0 N–H and O–H groups in total. The predicted molar refractivity (Wildman–Crippen MR) is 188 cm³/mol. The first-order valence-corrected chi connectivity index (χ1v) is 15.6. The molecule has 4 aromatic rings. The Bertz CT molecular complexity index is 1780. The lowest BCUT2D eigenvalue weighted by molar-refractivity contribution is -0.131. The minimum Gasteiger partial charge on any atom is -0.457 e. The van der Waals surface area contributed by atoms with Crippen molar-refractivity contribution in [2.24, 2.45) is 0 Å². The molecule has 0 spiro atoms. The Morgan fingerprint density at radius 1 is 0.438 bits per heavy atom. The standard InChI is InChI=1S/C41H42O7/c1-21(2)40(43)47-38-27(9)17-33(18-28(38)10)45-36-23(5)13-31(14-24(36)6)35(42)32-15-25(7)37(26(8)16-32)46-34-19-29(11)39(30(12)20-34)48-41(44)22(3)4/h13-20H,1,3H2,2,4-12H3. The molecule has 0 unspecified atom stereocenters. The van der Waals surface area contributed by atoms with Crippen LogP contribution in [0.3, 0.4) is 0 Å². The lowest BCUT2D eigenvalue weighted by atomic mass is 9.96. The number of aryl methyl sites for hydroxylation is 8. The van der Waals surface area contributed by atoms with E-state index in [1.165, 1.54) is 0 Å². The van der Waals surface area contributed by atoms with Crippen molar-refractivity contribution >= 4 is 17.7 Å². The Morgan fingerprint density at radius 3 is 0.938 bits per heavy atom. The van der Waals surface area contributed by atoms with Crippen molar-refractivity contribution in [3.63, 3.8) is 0 Å². The van der Waals surface area contributed by atoms with Gasteiger partial charge in [-0.05, 0) is 162 Å². The van der Waals surface area contributed by atoms with Crippen LogP contribution in [0, 0.1) is 55.4 Å². The average Bonchev–Trinajstić information content (AvgIpc) is 2.99. The zero-order valence-electron chi connectivity index (χ0n) is 29.4. The highest BCUT2D eigenvalue weighted by Gasteiger charge is 2.19. The van der Waals surface area contributed by atoms with Gasteiger partial charge in [0.2, 0.25) is 0 Å². The second kappa shape index (κ2) is 14.1. The third kappa shape index (κ3) is 7.74.